The van der Waals surface area contributed by atoms with Crippen molar-refractivity contribution < 1.29 is 4.79 Å². The molecular weight excluding hydrogens is 174 g/mol. The highest BCUT2D eigenvalue weighted by molar-refractivity contribution is 5.89. The highest BCUT2D eigenvalue weighted by Gasteiger charge is 2.34. The molecule has 2 nitrogen and oxygen atoms in total. The highest BCUT2D eigenvalue weighted by atomic mass is 16.1. The van der Waals surface area contributed by atoms with Gasteiger partial charge in [0.2, 0.25) is 0 Å². The molecule has 0 spiro atoms. The van der Waals surface area contributed by atoms with Crippen LogP contribution in [0.2, 0.25) is 0 Å². The van der Waals surface area contributed by atoms with Gasteiger partial charge in [-0.3, -0.25) is 9.69 Å². The standard InChI is InChI=1S/C12H25NO/c1-7-10(4)11(14)12(5,6)13(8-2)9-3/h10H,7-9H2,1-6H3. The van der Waals surface area contributed by atoms with Crippen LogP contribution in [0.15, 0.2) is 0 Å². The van der Waals surface area contributed by atoms with E-state index in [1.54, 1.807) is 0 Å². The van der Waals surface area contributed by atoms with Crippen LogP contribution < -0.4 is 0 Å². The Labute approximate surface area is 88.7 Å². The van der Waals surface area contributed by atoms with E-state index in [1.165, 1.54) is 0 Å². The molecule has 0 aromatic rings. The summed E-state index contributed by atoms with van der Waals surface area (Å²) in [5.41, 5.74) is -0.307. The van der Waals surface area contributed by atoms with Crippen molar-refractivity contribution in [2.75, 3.05) is 13.1 Å². The third-order valence-corrected chi connectivity index (χ3v) is 3.22. The molecule has 0 radical (unpaired) electrons. The fraction of sp³-hybridized carbons (Fsp3) is 0.917. The van der Waals surface area contributed by atoms with Crippen molar-refractivity contribution >= 4 is 5.78 Å². The molecule has 14 heavy (non-hydrogen) atoms. The Balaban J connectivity index is 4.66. The molecule has 0 saturated heterocycles. The molecular formula is C12H25NO. The monoisotopic (exact) mass is 199 g/mol. The van der Waals surface area contributed by atoms with E-state index in [-0.39, 0.29) is 11.5 Å². The SMILES string of the molecule is CCC(C)C(=O)C(C)(C)N(CC)CC. The molecule has 0 amide bonds. The molecule has 0 aliphatic rings. The zero-order valence-corrected chi connectivity index (χ0v) is 10.6. The summed E-state index contributed by atoms with van der Waals surface area (Å²) < 4.78 is 0. The number of rotatable bonds is 6. The third kappa shape index (κ3) is 2.81. The summed E-state index contributed by atoms with van der Waals surface area (Å²) >= 11 is 0. The lowest BCUT2D eigenvalue weighted by Gasteiger charge is -2.37. The van der Waals surface area contributed by atoms with Crippen molar-refractivity contribution in [3.05, 3.63) is 0 Å². The summed E-state index contributed by atoms with van der Waals surface area (Å²) in [6.45, 7) is 14.2. The van der Waals surface area contributed by atoms with Gasteiger partial charge in [-0.05, 0) is 33.4 Å². The maximum absolute atomic E-state index is 12.1. The minimum Gasteiger partial charge on any atom is -0.297 e. The van der Waals surface area contributed by atoms with Crippen molar-refractivity contribution in [3.63, 3.8) is 0 Å². The second kappa shape index (κ2) is 5.50. The number of carbonyl (C=O) groups excluding carboxylic acids is 1. The van der Waals surface area contributed by atoms with Gasteiger partial charge in [0.25, 0.3) is 0 Å². The van der Waals surface area contributed by atoms with Gasteiger partial charge < -0.3 is 0 Å². The number of likely N-dealkylation sites (N-methyl/N-ethyl adjacent to an activating group) is 1. The molecule has 1 unspecified atom stereocenters. The van der Waals surface area contributed by atoms with Gasteiger partial charge in [-0.2, -0.15) is 0 Å². The molecule has 0 rings (SSSR count). The first-order valence-corrected chi connectivity index (χ1v) is 5.71. The number of ketones is 1. The lowest BCUT2D eigenvalue weighted by Crippen LogP contribution is -2.51. The molecule has 0 aliphatic heterocycles. The Morgan fingerprint density at radius 1 is 1.21 bits per heavy atom. The largest absolute Gasteiger partial charge is 0.297 e. The van der Waals surface area contributed by atoms with Crippen molar-refractivity contribution in [2.45, 2.75) is 53.5 Å². The molecule has 0 aromatic carbocycles. The van der Waals surface area contributed by atoms with Crippen LogP contribution in [0, 0.1) is 5.92 Å². The minimum atomic E-state index is -0.307. The van der Waals surface area contributed by atoms with E-state index in [0.717, 1.165) is 19.5 Å². The van der Waals surface area contributed by atoms with Crippen LogP contribution in [-0.2, 0) is 4.79 Å². The van der Waals surface area contributed by atoms with Crippen LogP contribution in [0.5, 0.6) is 0 Å². The summed E-state index contributed by atoms with van der Waals surface area (Å²) in [7, 11) is 0. The maximum Gasteiger partial charge on any atom is 0.155 e. The molecule has 2 heteroatoms. The minimum absolute atomic E-state index is 0.172. The molecule has 0 heterocycles. The van der Waals surface area contributed by atoms with Gasteiger partial charge >= 0.3 is 0 Å². The second-order valence-electron chi connectivity index (χ2n) is 4.40. The van der Waals surface area contributed by atoms with Crippen LogP contribution in [0.1, 0.15) is 48.0 Å². The molecule has 0 fully saturated rings. The number of nitrogens with zero attached hydrogens (tertiary/aromatic N) is 1. The Morgan fingerprint density at radius 3 is 1.93 bits per heavy atom. The van der Waals surface area contributed by atoms with Crippen LogP contribution in [-0.4, -0.2) is 29.3 Å². The molecule has 0 aromatic heterocycles. The molecule has 1 atom stereocenters. The molecule has 0 aliphatic carbocycles. The van der Waals surface area contributed by atoms with Crippen LogP contribution in [0.25, 0.3) is 0 Å². The highest BCUT2D eigenvalue weighted by Crippen LogP contribution is 2.21. The predicted molar refractivity (Wildman–Crippen MR) is 61.5 cm³/mol. The van der Waals surface area contributed by atoms with Crippen LogP contribution >= 0.6 is 0 Å². The van der Waals surface area contributed by atoms with E-state index in [9.17, 15) is 4.79 Å². The summed E-state index contributed by atoms with van der Waals surface area (Å²) in [5.74, 6) is 0.536. The average molecular weight is 199 g/mol. The van der Waals surface area contributed by atoms with Crippen LogP contribution in [0.4, 0.5) is 0 Å². The number of hydrogen-bond acceptors (Lipinski definition) is 2. The first kappa shape index (κ1) is 13.6. The first-order chi connectivity index (χ1) is 6.41. The quantitative estimate of drug-likeness (QED) is 0.655. The smallest absolute Gasteiger partial charge is 0.155 e. The second-order valence-corrected chi connectivity index (χ2v) is 4.40. The Bertz CT molecular complexity index is 183. The van der Waals surface area contributed by atoms with Gasteiger partial charge in [-0.15, -0.1) is 0 Å². The lowest BCUT2D eigenvalue weighted by atomic mass is 9.87. The van der Waals surface area contributed by atoms with Crippen molar-refractivity contribution in [1.29, 1.82) is 0 Å². The van der Waals surface area contributed by atoms with E-state index in [2.05, 4.69) is 25.7 Å². The van der Waals surface area contributed by atoms with E-state index in [4.69, 9.17) is 0 Å². The Hall–Kier alpha value is -0.370. The molecule has 0 bridgehead atoms. The Kier molecular flexibility index (Phi) is 5.35. The summed E-state index contributed by atoms with van der Waals surface area (Å²) in [6, 6.07) is 0. The van der Waals surface area contributed by atoms with E-state index in [0.29, 0.717) is 5.78 Å². The van der Waals surface area contributed by atoms with E-state index in [1.807, 2.05) is 20.8 Å². The number of carbonyl (C=O) groups is 1. The van der Waals surface area contributed by atoms with Crippen molar-refractivity contribution in [1.82, 2.24) is 4.90 Å². The maximum atomic E-state index is 12.1. The van der Waals surface area contributed by atoms with Gasteiger partial charge in [-0.25, -0.2) is 0 Å². The molecule has 0 N–H and O–H groups in total. The summed E-state index contributed by atoms with van der Waals surface area (Å²) in [6.07, 6.45) is 0.934. The Morgan fingerprint density at radius 2 is 1.64 bits per heavy atom. The zero-order valence-electron chi connectivity index (χ0n) is 10.6. The normalized spacial score (nSPS) is 14.5. The molecule has 84 valence electrons. The van der Waals surface area contributed by atoms with Crippen LogP contribution in [0.3, 0.4) is 0 Å². The van der Waals surface area contributed by atoms with Gasteiger partial charge in [0, 0.05) is 5.92 Å². The molecule has 0 saturated carbocycles. The van der Waals surface area contributed by atoms with Gasteiger partial charge in [-0.1, -0.05) is 27.7 Å². The first-order valence-electron chi connectivity index (χ1n) is 5.71. The fourth-order valence-electron chi connectivity index (χ4n) is 1.96. The zero-order chi connectivity index (χ0) is 11.4. The van der Waals surface area contributed by atoms with Crippen molar-refractivity contribution in [3.8, 4) is 0 Å². The third-order valence-electron chi connectivity index (χ3n) is 3.22. The summed E-state index contributed by atoms with van der Waals surface area (Å²) in [4.78, 5) is 14.3. The van der Waals surface area contributed by atoms with Gasteiger partial charge in [0.1, 0.15) is 0 Å². The van der Waals surface area contributed by atoms with E-state index >= 15 is 0 Å². The van der Waals surface area contributed by atoms with Crippen molar-refractivity contribution in [2.24, 2.45) is 5.92 Å². The lowest BCUT2D eigenvalue weighted by molar-refractivity contribution is -0.133. The average Bonchev–Trinajstić information content (AvgIpc) is 2.16. The van der Waals surface area contributed by atoms with Gasteiger partial charge in [0.15, 0.2) is 5.78 Å². The number of hydrogen-bond donors (Lipinski definition) is 0. The van der Waals surface area contributed by atoms with E-state index < -0.39 is 0 Å². The number of Topliss-reactive ketones (excluding diaryl/α,β-unsaturated/α-hetero) is 1. The fourth-order valence-corrected chi connectivity index (χ4v) is 1.96. The van der Waals surface area contributed by atoms with Gasteiger partial charge in [0.05, 0.1) is 5.54 Å². The topological polar surface area (TPSA) is 20.3 Å². The predicted octanol–water partition coefficient (Wildman–Crippen LogP) is 2.72. The summed E-state index contributed by atoms with van der Waals surface area (Å²) in [5, 5.41) is 0.